The molecule has 0 aliphatic heterocycles. The molecule has 3 aromatic rings. The zero-order valence-corrected chi connectivity index (χ0v) is 17.7. The van der Waals surface area contributed by atoms with Gasteiger partial charge in [-0.15, -0.1) is 10.2 Å². The van der Waals surface area contributed by atoms with Gasteiger partial charge in [-0.1, -0.05) is 6.92 Å². The Bertz CT molecular complexity index is 1070. The number of primary amides is 1. The molecule has 3 N–H and O–H groups in total. The summed E-state index contributed by atoms with van der Waals surface area (Å²) in [6.45, 7) is 5.29. The van der Waals surface area contributed by atoms with Crippen molar-refractivity contribution in [2.45, 2.75) is 38.8 Å². The first-order valence-corrected chi connectivity index (χ1v) is 9.92. The molecule has 0 bridgehead atoms. The number of hydrogen-bond acceptors (Lipinski definition) is 5. The number of carbonyl (C=O) groups is 1. The fourth-order valence-corrected chi connectivity index (χ4v) is 3.64. The van der Waals surface area contributed by atoms with Crippen LogP contribution >= 0.6 is 0 Å². The van der Waals surface area contributed by atoms with Crippen LogP contribution < -0.4 is 11.1 Å². The number of halogens is 2. The number of rotatable bonds is 8. The number of alkyl halides is 1. The van der Waals surface area contributed by atoms with Gasteiger partial charge in [0.15, 0.2) is 0 Å². The molecule has 2 heterocycles. The Hall–Kier alpha value is -3.42. The minimum atomic E-state index is -1.14. The van der Waals surface area contributed by atoms with Gasteiger partial charge in [0.05, 0.1) is 17.6 Å². The van der Waals surface area contributed by atoms with Gasteiger partial charge in [-0.2, -0.15) is 0 Å². The van der Waals surface area contributed by atoms with Crippen LogP contribution in [0.25, 0.3) is 11.3 Å². The molecule has 1 amide bonds. The molecule has 0 fully saturated rings. The summed E-state index contributed by atoms with van der Waals surface area (Å²) in [5, 5.41) is 11.5. The maximum Gasteiger partial charge on any atom is 0.248 e. The van der Waals surface area contributed by atoms with Crippen LogP contribution in [-0.4, -0.2) is 33.8 Å². The van der Waals surface area contributed by atoms with Crippen LogP contribution in [0, 0.1) is 12.7 Å². The summed E-state index contributed by atoms with van der Waals surface area (Å²) in [6.07, 6.45) is 0.456. The average Bonchev–Trinajstić information content (AvgIpc) is 2.72. The Morgan fingerprint density at radius 1 is 1.23 bits per heavy atom. The van der Waals surface area contributed by atoms with Gasteiger partial charge < -0.3 is 11.1 Å². The first kappa shape index (κ1) is 22.3. The molecule has 162 valence electrons. The van der Waals surface area contributed by atoms with Crippen LogP contribution in [0.5, 0.6) is 0 Å². The van der Waals surface area contributed by atoms with Crippen molar-refractivity contribution in [1.82, 2.24) is 15.2 Å². The van der Waals surface area contributed by atoms with Gasteiger partial charge in [0.25, 0.3) is 0 Å². The molecule has 31 heavy (non-hydrogen) atoms. The Morgan fingerprint density at radius 3 is 2.61 bits per heavy atom. The van der Waals surface area contributed by atoms with Crippen molar-refractivity contribution in [2.75, 3.05) is 11.9 Å². The standard InChI is InChI=1S/C23H25F2N5O/c1-14-9-16(11-17(10-14)22(26)31)19-6-7-20(30-29-19)28-13-23(3,12-15(2)24)21-18(25)5-4-8-27-21/h4-11,15H,12-13H2,1-3H3,(H2,26,31)(H,28,30)/t15-,23-/m0/s1. The molecule has 2 atom stereocenters. The van der Waals surface area contributed by atoms with Crippen LogP contribution in [0.3, 0.4) is 0 Å². The topological polar surface area (TPSA) is 93.8 Å². The van der Waals surface area contributed by atoms with E-state index in [0.29, 0.717) is 17.1 Å². The number of pyridine rings is 1. The number of nitrogens with two attached hydrogens (primary N) is 1. The van der Waals surface area contributed by atoms with Crippen LogP contribution in [0.1, 0.15) is 41.9 Å². The smallest absolute Gasteiger partial charge is 0.248 e. The van der Waals surface area contributed by atoms with E-state index in [9.17, 15) is 13.6 Å². The van der Waals surface area contributed by atoms with E-state index in [-0.39, 0.29) is 18.7 Å². The van der Waals surface area contributed by atoms with E-state index in [1.165, 1.54) is 25.3 Å². The minimum Gasteiger partial charge on any atom is -0.368 e. The van der Waals surface area contributed by atoms with Crippen molar-refractivity contribution >= 4 is 11.7 Å². The quantitative estimate of drug-likeness (QED) is 0.564. The normalized spacial score (nSPS) is 14.0. The van der Waals surface area contributed by atoms with E-state index in [4.69, 9.17) is 5.73 Å². The van der Waals surface area contributed by atoms with E-state index in [0.717, 1.165) is 11.1 Å². The summed E-state index contributed by atoms with van der Waals surface area (Å²) in [7, 11) is 0. The zero-order valence-electron chi connectivity index (χ0n) is 17.7. The number of nitrogens with one attached hydrogen (secondary N) is 1. The SMILES string of the molecule is Cc1cc(C(N)=O)cc(-c2ccc(NC[C@](C)(C[C@H](C)F)c3ncccc3F)nn2)c1. The summed E-state index contributed by atoms with van der Waals surface area (Å²) < 4.78 is 28.2. The number of amides is 1. The molecule has 0 saturated carbocycles. The molecular formula is C23H25F2N5O. The lowest BCUT2D eigenvalue weighted by Crippen LogP contribution is -2.35. The molecular weight excluding hydrogens is 400 g/mol. The molecule has 0 radical (unpaired) electrons. The second kappa shape index (κ2) is 9.16. The monoisotopic (exact) mass is 425 g/mol. The van der Waals surface area contributed by atoms with Crippen LogP contribution in [0.15, 0.2) is 48.7 Å². The summed E-state index contributed by atoms with van der Waals surface area (Å²) >= 11 is 0. The summed E-state index contributed by atoms with van der Waals surface area (Å²) in [6, 6.07) is 11.6. The van der Waals surface area contributed by atoms with Crippen molar-refractivity contribution in [1.29, 1.82) is 0 Å². The summed E-state index contributed by atoms with van der Waals surface area (Å²) in [5.41, 5.74) is 7.28. The van der Waals surface area contributed by atoms with Crippen molar-refractivity contribution in [3.63, 3.8) is 0 Å². The highest BCUT2D eigenvalue weighted by Crippen LogP contribution is 2.31. The fraction of sp³-hybridized carbons (Fsp3) is 0.304. The van der Waals surface area contributed by atoms with Gasteiger partial charge in [-0.3, -0.25) is 9.78 Å². The molecule has 2 aromatic heterocycles. The van der Waals surface area contributed by atoms with Gasteiger partial charge in [-0.05, 0) is 68.3 Å². The third-order valence-corrected chi connectivity index (χ3v) is 5.04. The predicted octanol–water partition coefficient (Wildman–Crippen LogP) is 4.20. The highest BCUT2D eigenvalue weighted by Gasteiger charge is 2.33. The number of aromatic nitrogens is 3. The van der Waals surface area contributed by atoms with E-state index in [1.54, 1.807) is 31.2 Å². The Morgan fingerprint density at radius 2 is 2.00 bits per heavy atom. The van der Waals surface area contributed by atoms with Crippen molar-refractivity contribution in [3.8, 4) is 11.3 Å². The molecule has 6 nitrogen and oxygen atoms in total. The first-order chi connectivity index (χ1) is 14.7. The molecule has 1 aromatic carbocycles. The van der Waals surface area contributed by atoms with Gasteiger partial charge in [-0.25, -0.2) is 8.78 Å². The zero-order chi connectivity index (χ0) is 22.6. The Balaban J connectivity index is 1.80. The molecule has 0 saturated heterocycles. The molecule has 0 spiro atoms. The number of anilines is 1. The van der Waals surface area contributed by atoms with E-state index >= 15 is 0 Å². The lowest BCUT2D eigenvalue weighted by molar-refractivity contribution is 0.1000. The van der Waals surface area contributed by atoms with Crippen LogP contribution in [-0.2, 0) is 5.41 Å². The average molecular weight is 425 g/mol. The first-order valence-electron chi connectivity index (χ1n) is 9.92. The third-order valence-electron chi connectivity index (χ3n) is 5.04. The van der Waals surface area contributed by atoms with E-state index < -0.39 is 23.3 Å². The van der Waals surface area contributed by atoms with Crippen molar-refractivity contribution in [2.24, 2.45) is 5.73 Å². The maximum atomic E-state index is 14.4. The van der Waals surface area contributed by atoms with Crippen LogP contribution in [0.4, 0.5) is 14.6 Å². The Kier molecular flexibility index (Phi) is 6.58. The fourth-order valence-electron chi connectivity index (χ4n) is 3.64. The van der Waals surface area contributed by atoms with E-state index in [1.807, 2.05) is 13.0 Å². The van der Waals surface area contributed by atoms with E-state index in [2.05, 4.69) is 20.5 Å². The predicted molar refractivity (Wildman–Crippen MR) is 116 cm³/mol. The highest BCUT2D eigenvalue weighted by atomic mass is 19.1. The number of hydrogen-bond donors (Lipinski definition) is 2. The van der Waals surface area contributed by atoms with Crippen LogP contribution in [0.2, 0.25) is 0 Å². The lowest BCUT2D eigenvalue weighted by atomic mass is 9.81. The minimum absolute atomic E-state index is 0.0959. The van der Waals surface area contributed by atoms with Crippen molar-refractivity contribution < 1.29 is 13.6 Å². The molecule has 0 unspecified atom stereocenters. The lowest BCUT2D eigenvalue weighted by Gasteiger charge is -2.30. The third kappa shape index (κ3) is 5.39. The number of carbonyl (C=O) groups excluding carboxylic acids is 1. The Labute approximate surface area is 179 Å². The molecule has 3 rings (SSSR count). The largest absolute Gasteiger partial charge is 0.368 e. The molecule has 0 aliphatic carbocycles. The maximum absolute atomic E-state index is 14.4. The molecule has 8 heteroatoms. The van der Waals surface area contributed by atoms with Gasteiger partial charge >= 0.3 is 0 Å². The number of benzene rings is 1. The number of aryl methyl sites for hydroxylation is 1. The second-order valence-electron chi connectivity index (χ2n) is 7.99. The highest BCUT2D eigenvalue weighted by molar-refractivity contribution is 5.94. The van der Waals surface area contributed by atoms with Crippen molar-refractivity contribution in [3.05, 3.63) is 71.3 Å². The van der Waals surface area contributed by atoms with Gasteiger partial charge in [0.1, 0.15) is 11.6 Å². The molecule has 0 aliphatic rings. The summed E-state index contributed by atoms with van der Waals surface area (Å²) in [4.78, 5) is 15.6. The summed E-state index contributed by atoms with van der Waals surface area (Å²) in [5.74, 6) is -0.529. The van der Waals surface area contributed by atoms with Gasteiger partial charge in [0, 0.05) is 29.3 Å². The van der Waals surface area contributed by atoms with Gasteiger partial charge in [0.2, 0.25) is 5.91 Å². The second-order valence-corrected chi connectivity index (χ2v) is 7.99. The number of nitrogens with zero attached hydrogens (tertiary/aromatic N) is 3.